The molecular formula is C22H24ClN3O4. The number of ether oxygens (including phenoxy) is 1. The van der Waals surface area contributed by atoms with Crippen LogP contribution in [0.2, 0.25) is 5.02 Å². The zero-order valence-corrected chi connectivity index (χ0v) is 17.4. The number of carbonyl (C=O) groups excluding carboxylic acids is 1. The summed E-state index contributed by atoms with van der Waals surface area (Å²) in [6.07, 6.45) is 2.47. The molecule has 4 rings (SSSR count). The highest BCUT2D eigenvalue weighted by molar-refractivity contribution is 6.32. The van der Waals surface area contributed by atoms with E-state index in [0.29, 0.717) is 41.2 Å². The minimum Gasteiger partial charge on any atom is -0.495 e. The van der Waals surface area contributed by atoms with Gasteiger partial charge < -0.3 is 15.6 Å². The summed E-state index contributed by atoms with van der Waals surface area (Å²) in [7, 11) is 1.55. The largest absolute Gasteiger partial charge is 0.495 e. The Balaban J connectivity index is 1.84. The van der Waals surface area contributed by atoms with Crippen LogP contribution in [0.4, 0.5) is 0 Å². The third-order valence-corrected chi connectivity index (χ3v) is 6.13. The fraction of sp³-hybridized carbons (Fsp3) is 0.364. The number of imidazole rings is 1. The molecule has 0 atom stereocenters. The minimum absolute atomic E-state index is 0.00327. The van der Waals surface area contributed by atoms with Crippen molar-refractivity contribution in [1.29, 1.82) is 0 Å². The molecule has 1 aliphatic rings. The first-order valence-electron chi connectivity index (χ1n) is 9.94. The van der Waals surface area contributed by atoms with Crippen molar-refractivity contribution in [2.24, 2.45) is 5.73 Å². The summed E-state index contributed by atoms with van der Waals surface area (Å²) in [6, 6.07) is 10.5. The number of hydrogen-bond donors (Lipinski definition) is 2. The molecule has 1 aliphatic carbocycles. The number of methoxy groups -OCH3 is 1. The molecule has 1 amide bonds. The molecule has 158 valence electrons. The summed E-state index contributed by atoms with van der Waals surface area (Å²) >= 11 is 6.26. The Morgan fingerprint density at radius 2 is 1.90 bits per heavy atom. The Kier molecular flexibility index (Phi) is 5.58. The van der Waals surface area contributed by atoms with E-state index < -0.39 is 5.91 Å². The predicted octanol–water partition coefficient (Wildman–Crippen LogP) is 3.09. The maximum atomic E-state index is 13.5. The third kappa shape index (κ3) is 3.70. The van der Waals surface area contributed by atoms with E-state index >= 15 is 0 Å². The summed E-state index contributed by atoms with van der Waals surface area (Å²) in [4.78, 5) is 25.2. The number of hydrogen-bond acceptors (Lipinski definition) is 4. The molecule has 30 heavy (non-hydrogen) atoms. The van der Waals surface area contributed by atoms with Crippen LogP contribution in [-0.2, 0) is 6.54 Å². The number of aliphatic hydroxyl groups excluding tert-OH is 1. The smallest absolute Gasteiger partial charge is 0.329 e. The maximum Gasteiger partial charge on any atom is 0.329 e. The van der Waals surface area contributed by atoms with Crippen LogP contribution >= 0.6 is 11.6 Å². The zero-order chi connectivity index (χ0) is 21.4. The maximum absolute atomic E-state index is 13.5. The van der Waals surface area contributed by atoms with E-state index in [9.17, 15) is 14.7 Å². The first-order valence-corrected chi connectivity index (χ1v) is 10.3. The van der Waals surface area contributed by atoms with E-state index in [0.717, 1.165) is 23.9 Å². The van der Waals surface area contributed by atoms with Gasteiger partial charge in [-0.25, -0.2) is 4.79 Å². The van der Waals surface area contributed by atoms with Crippen LogP contribution in [0.1, 0.15) is 47.6 Å². The second-order valence-electron chi connectivity index (χ2n) is 7.74. The van der Waals surface area contributed by atoms with E-state index in [1.54, 1.807) is 46.6 Å². The first kappa shape index (κ1) is 20.5. The fourth-order valence-electron chi connectivity index (χ4n) is 4.25. The van der Waals surface area contributed by atoms with Crippen LogP contribution in [0, 0.1) is 0 Å². The molecule has 3 N–H and O–H groups in total. The monoisotopic (exact) mass is 429 g/mol. The van der Waals surface area contributed by atoms with Gasteiger partial charge in [0, 0.05) is 11.6 Å². The standard InChI is InChI=1S/C22H24ClN3O4/c1-30-20-9-2-13(10-17(20)23)12-25-19-11-14(21(24)28)3-8-18(19)26(22(25)29)15-4-6-16(27)7-5-15/h2-3,8-11,15-16,27H,4-7,12H2,1H3,(H2,24,28)/t15-,16-. The molecule has 2 aromatic carbocycles. The second kappa shape index (κ2) is 8.16. The van der Waals surface area contributed by atoms with Crippen molar-refractivity contribution in [3.8, 4) is 5.75 Å². The Bertz CT molecular complexity index is 1160. The third-order valence-electron chi connectivity index (χ3n) is 5.84. The Hall–Kier alpha value is -2.77. The topological polar surface area (TPSA) is 99.5 Å². The number of nitrogens with zero attached hydrogens (tertiary/aromatic N) is 2. The summed E-state index contributed by atoms with van der Waals surface area (Å²) in [5, 5.41) is 10.3. The van der Waals surface area contributed by atoms with Gasteiger partial charge in [-0.2, -0.15) is 0 Å². The highest BCUT2D eigenvalue weighted by Gasteiger charge is 2.26. The number of amides is 1. The van der Waals surface area contributed by atoms with Crippen molar-refractivity contribution >= 4 is 28.5 Å². The van der Waals surface area contributed by atoms with Gasteiger partial charge in [0.15, 0.2) is 0 Å². The van der Waals surface area contributed by atoms with Gasteiger partial charge in [0.2, 0.25) is 5.91 Å². The van der Waals surface area contributed by atoms with Crippen molar-refractivity contribution in [1.82, 2.24) is 9.13 Å². The van der Waals surface area contributed by atoms with Gasteiger partial charge in [0.05, 0.1) is 35.8 Å². The SMILES string of the molecule is COc1ccc(Cn2c(=O)n([C@H]3CC[C@H](O)CC3)c3ccc(C(N)=O)cc32)cc1Cl. The molecule has 8 heteroatoms. The number of fused-ring (bicyclic) bond motifs is 1. The highest BCUT2D eigenvalue weighted by Crippen LogP contribution is 2.31. The van der Waals surface area contributed by atoms with Gasteiger partial charge in [-0.15, -0.1) is 0 Å². The Morgan fingerprint density at radius 3 is 2.53 bits per heavy atom. The van der Waals surface area contributed by atoms with Gasteiger partial charge in [0.25, 0.3) is 0 Å². The number of rotatable bonds is 5. The Labute approximate surface area is 178 Å². The molecule has 0 saturated heterocycles. The average Bonchev–Trinajstić information content (AvgIpc) is 3.00. The number of primary amides is 1. The number of carbonyl (C=O) groups is 1. The molecule has 0 radical (unpaired) electrons. The molecule has 1 aromatic heterocycles. The van der Waals surface area contributed by atoms with Gasteiger partial charge in [-0.1, -0.05) is 17.7 Å². The summed E-state index contributed by atoms with van der Waals surface area (Å²) in [5.41, 5.74) is 7.91. The minimum atomic E-state index is -0.545. The van der Waals surface area contributed by atoms with Crippen molar-refractivity contribution in [2.45, 2.75) is 44.4 Å². The molecule has 1 saturated carbocycles. The van der Waals surface area contributed by atoms with Crippen LogP contribution in [0.15, 0.2) is 41.2 Å². The quantitative estimate of drug-likeness (QED) is 0.650. The second-order valence-corrected chi connectivity index (χ2v) is 8.14. The molecule has 0 aliphatic heterocycles. The van der Waals surface area contributed by atoms with Crippen molar-refractivity contribution in [3.05, 3.63) is 63.0 Å². The van der Waals surface area contributed by atoms with E-state index in [1.165, 1.54) is 0 Å². The molecule has 0 bridgehead atoms. The lowest BCUT2D eigenvalue weighted by molar-refractivity contribution is 0.1000. The van der Waals surface area contributed by atoms with Crippen LogP contribution in [0.25, 0.3) is 11.0 Å². The van der Waals surface area contributed by atoms with Crippen molar-refractivity contribution in [3.63, 3.8) is 0 Å². The number of benzene rings is 2. The molecule has 0 spiro atoms. The van der Waals surface area contributed by atoms with E-state index in [-0.39, 0.29) is 17.8 Å². The normalized spacial score (nSPS) is 19.2. The summed E-state index contributed by atoms with van der Waals surface area (Å²) in [5.74, 6) is 0.0175. The fourth-order valence-corrected chi connectivity index (χ4v) is 4.53. The average molecular weight is 430 g/mol. The molecule has 1 fully saturated rings. The van der Waals surface area contributed by atoms with E-state index in [1.807, 2.05) is 6.07 Å². The van der Waals surface area contributed by atoms with Crippen LogP contribution in [0.3, 0.4) is 0 Å². The lowest BCUT2D eigenvalue weighted by atomic mass is 9.93. The molecule has 3 aromatic rings. The summed E-state index contributed by atoms with van der Waals surface area (Å²) < 4.78 is 8.63. The summed E-state index contributed by atoms with van der Waals surface area (Å²) in [6.45, 7) is 0.295. The van der Waals surface area contributed by atoms with Crippen molar-refractivity contribution in [2.75, 3.05) is 7.11 Å². The lowest BCUT2D eigenvalue weighted by Crippen LogP contribution is -2.31. The molecule has 7 nitrogen and oxygen atoms in total. The van der Waals surface area contributed by atoms with Crippen LogP contribution in [-0.4, -0.2) is 33.4 Å². The van der Waals surface area contributed by atoms with E-state index in [2.05, 4.69) is 0 Å². The zero-order valence-electron chi connectivity index (χ0n) is 16.7. The predicted molar refractivity (Wildman–Crippen MR) is 115 cm³/mol. The molecule has 1 heterocycles. The van der Waals surface area contributed by atoms with Crippen LogP contribution < -0.4 is 16.2 Å². The number of aromatic nitrogens is 2. The van der Waals surface area contributed by atoms with E-state index in [4.69, 9.17) is 22.1 Å². The molecule has 0 unspecified atom stereocenters. The molecular weight excluding hydrogens is 406 g/mol. The first-order chi connectivity index (χ1) is 14.4. The number of halogens is 1. The van der Waals surface area contributed by atoms with Gasteiger partial charge >= 0.3 is 5.69 Å². The highest BCUT2D eigenvalue weighted by atomic mass is 35.5. The number of nitrogens with two attached hydrogens (primary N) is 1. The van der Waals surface area contributed by atoms with Crippen molar-refractivity contribution < 1.29 is 14.6 Å². The van der Waals surface area contributed by atoms with Crippen LogP contribution in [0.5, 0.6) is 5.75 Å². The Morgan fingerprint density at radius 1 is 1.17 bits per heavy atom. The number of aliphatic hydroxyl groups is 1. The van der Waals surface area contributed by atoms with Gasteiger partial charge in [-0.05, 0) is 61.6 Å². The van der Waals surface area contributed by atoms with Gasteiger partial charge in [0.1, 0.15) is 5.75 Å². The van der Waals surface area contributed by atoms with Gasteiger partial charge in [-0.3, -0.25) is 13.9 Å². The lowest BCUT2D eigenvalue weighted by Gasteiger charge is -2.26.